The molecule has 18 heavy (non-hydrogen) atoms. The summed E-state index contributed by atoms with van der Waals surface area (Å²) in [6.45, 7) is 2.43. The van der Waals surface area contributed by atoms with Crippen molar-refractivity contribution in [2.75, 3.05) is 6.54 Å². The maximum absolute atomic E-state index is 12.0. The summed E-state index contributed by atoms with van der Waals surface area (Å²) in [5.74, 6) is -0.0732. The molecule has 1 aromatic rings. The normalized spacial score (nSPS) is 16.4. The number of carbonyl (C=O) groups is 1. The fraction of sp³-hybridized carbons (Fsp3) is 0.462. The summed E-state index contributed by atoms with van der Waals surface area (Å²) >= 11 is 5.85. The first kappa shape index (κ1) is 15.3. The lowest BCUT2D eigenvalue weighted by atomic mass is 9.78. The lowest BCUT2D eigenvalue weighted by molar-refractivity contribution is 0.0929. The molecule has 0 heterocycles. The van der Waals surface area contributed by atoms with Crippen LogP contribution < -0.4 is 11.1 Å². The molecule has 0 radical (unpaired) electrons. The third kappa shape index (κ3) is 3.37. The Morgan fingerprint density at radius 3 is 2.67 bits per heavy atom. The van der Waals surface area contributed by atoms with Crippen molar-refractivity contribution < 1.29 is 4.79 Å². The van der Waals surface area contributed by atoms with E-state index in [9.17, 15) is 4.79 Å². The lowest BCUT2D eigenvalue weighted by Crippen LogP contribution is -2.54. The zero-order chi connectivity index (χ0) is 12.5. The third-order valence-electron chi connectivity index (χ3n) is 3.38. The topological polar surface area (TPSA) is 55.1 Å². The first-order valence-electron chi connectivity index (χ1n) is 5.83. The van der Waals surface area contributed by atoms with Crippen molar-refractivity contribution in [2.45, 2.75) is 31.7 Å². The molecule has 1 fully saturated rings. The van der Waals surface area contributed by atoms with Gasteiger partial charge in [-0.2, -0.15) is 0 Å². The van der Waals surface area contributed by atoms with Crippen LogP contribution in [0.3, 0.4) is 0 Å². The SMILES string of the molecule is Cc1cc(Cl)ccc1C(=O)NCC1(N)CCC1.Cl. The number of carbonyl (C=O) groups excluding carboxylic acids is 1. The molecular formula is C13H18Cl2N2O. The summed E-state index contributed by atoms with van der Waals surface area (Å²) in [6, 6.07) is 5.26. The second kappa shape index (κ2) is 5.91. The predicted octanol–water partition coefficient (Wildman–Crippen LogP) is 2.68. The van der Waals surface area contributed by atoms with Gasteiger partial charge in [0.05, 0.1) is 0 Å². The molecule has 3 nitrogen and oxygen atoms in total. The monoisotopic (exact) mass is 288 g/mol. The van der Waals surface area contributed by atoms with E-state index in [1.54, 1.807) is 18.2 Å². The van der Waals surface area contributed by atoms with Gasteiger partial charge in [-0.25, -0.2) is 0 Å². The molecule has 0 aromatic heterocycles. The fourth-order valence-electron chi connectivity index (χ4n) is 2.04. The Labute approximate surface area is 118 Å². The van der Waals surface area contributed by atoms with Gasteiger partial charge in [0.1, 0.15) is 0 Å². The largest absolute Gasteiger partial charge is 0.350 e. The van der Waals surface area contributed by atoms with Crippen LogP contribution in [0, 0.1) is 6.92 Å². The van der Waals surface area contributed by atoms with Crippen molar-refractivity contribution in [1.29, 1.82) is 0 Å². The van der Waals surface area contributed by atoms with Crippen LogP contribution in [0.2, 0.25) is 5.02 Å². The highest BCUT2D eigenvalue weighted by atomic mass is 35.5. The van der Waals surface area contributed by atoms with Crippen molar-refractivity contribution >= 4 is 29.9 Å². The first-order valence-corrected chi connectivity index (χ1v) is 6.21. The van der Waals surface area contributed by atoms with Crippen LogP contribution in [-0.4, -0.2) is 18.0 Å². The molecule has 1 saturated carbocycles. The van der Waals surface area contributed by atoms with E-state index in [0.29, 0.717) is 17.1 Å². The number of nitrogens with one attached hydrogen (secondary N) is 1. The van der Waals surface area contributed by atoms with E-state index in [1.165, 1.54) is 0 Å². The van der Waals surface area contributed by atoms with Gasteiger partial charge in [0.2, 0.25) is 0 Å². The van der Waals surface area contributed by atoms with E-state index >= 15 is 0 Å². The van der Waals surface area contributed by atoms with Crippen LogP contribution in [0.5, 0.6) is 0 Å². The summed E-state index contributed by atoms with van der Waals surface area (Å²) in [7, 11) is 0. The Morgan fingerprint density at radius 2 is 2.17 bits per heavy atom. The van der Waals surface area contributed by atoms with Crippen molar-refractivity contribution in [2.24, 2.45) is 5.73 Å². The van der Waals surface area contributed by atoms with Crippen molar-refractivity contribution in [3.05, 3.63) is 34.3 Å². The van der Waals surface area contributed by atoms with Crippen LogP contribution in [0.4, 0.5) is 0 Å². The minimum Gasteiger partial charge on any atom is -0.350 e. The van der Waals surface area contributed by atoms with Gasteiger partial charge in [-0.3, -0.25) is 4.79 Å². The third-order valence-corrected chi connectivity index (χ3v) is 3.62. The number of hydrogen-bond donors (Lipinski definition) is 2. The zero-order valence-corrected chi connectivity index (χ0v) is 11.9. The van der Waals surface area contributed by atoms with Gasteiger partial charge >= 0.3 is 0 Å². The Balaban J connectivity index is 0.00000162. The molecule has 5 heteroatoms. The fourth-order valence-corrected chi connectivity index (χ4v) is 2.27. The summed E-state index contributed by atoms with van der Waals surface area (Å²) in [6.07, 6.45) is 3.14. The van der Waals surface area contributed by atoms with Gasteiger partial charge < -0.3 is 11.1 Å². The van der Waals surface area contributed by atoms with Crippen LogP contribution in [0.15, 0.2) is 18.2 Å². The van der Waals surface area contributed by atoms with Gasteiger partial charge in [-0.05, 0) is 49.9 Å². The Kier molecular flexibility index (Phi) is 5.02. The average Bonchev–Trinajstić information content (AvgIpc) is 2.23. The molecule has 1 aliphatic carbocycles. The molecule has 1 aliphatic rings. The highest BCUT2D eigenvalue weighted by Gasteiger charge is 2.32. The molecule has 0 spiro atoms. The minimum atomic E-state index is -0.185. The van der Waals surface area contributed by atoms with Gasteiger partial charge in [0.15, 0.2) is 0 Å². The molecule has 0 bridgehead atoms. The molecule has 0 unspecified atom stereocenters. The quantitative estimate of drug-likeness (QED) is 0.899. The van der Waals surface area contributed by atoms with E-state index in [0.717, 1.165) is 24.8 Å². The van der Waals surface area contributed by atoms with E-state index in [4.69, 9.17) is 17.3 Å². The Bertz CT molecular complexity index is 445. The molecule has 2 rings (SSSR count). The molecule has 1 aromatic carbocycles. The van der Waals surface area contributed by atoms with Crippen LogP contribution >= 0.6 is 24.0 Å². The molecule has 100 valence electrons. The van der Waals surface area contributed by atoms with Crippen molar-refractivity contribution in [1.82, 2.24) is 5.32 Å². The second-order valence-electron chi connectivity index (χ2n) is 4.86. The van der Waals surface area contributed by atoms with Crippen LogP contribution in [-0.2, 0) is 0 Å². The first-order chi connectivity index (χ1) is 8.00. The Hall–Kier alpha value is -0.770. The highest BCUT2D eigenvalue weighted by Crippen LogP contribution is 2.28. The van der Waals surface area contributed by atoms with E-state index in [-0.39, 0.29) is 23.9 Å². The predicted molar refractivity (Wildman–Crippen MR) is 76.5 cm³/mol. The number of rotatable bonds is 3. The van der Waals surface area contributed by atoms with E-state index < -0.39 is 0 Å². The minimum absolute atomic E-state index is 0. The average molecular weight is 289 g/mol. The number of amides is 1. The van der Waals surface area contributed by atoms with Gasteiger partial charge in [-0.15, -0.1) is 12.4 Å². The second-order valence-corrected chi connectivity index (χ2v) is 5.29. The molecule has 0 atom stereocenters. The standard InChI is InChI=1S/C13H17ClN2O.ClH/c1-9-7-10(14)3-4-11(9)12(17)16-8-13(15)5-2-6-13;/h3-4,7H,2,5-6,8,15H2,1H3,(H,16,17);1H. The number of halogens is 2. The van der Waals surface area contributed by atoms with Crippen molar-refractivity contribution in [3.63, 3.8) is 0 Å². The van der Waals surface area contributed by atoms with Crippen LogP contribution in [0.1, 0.15) is 35.2 Å². The summed E-state index contributed by atoms with van der Waals surface area (Å²) in [4.78, 5) is 12.0. The summed E-state index contributed by atoms with van der Waals surface area (Å²) in [5, 5.41) is 3.54. The number of hydrogen-bond acceptors (Lipinski definition) is 2. The van der Waals surface area contributed by atoms with Gasteiger partial charge in [0, 0.05) is 22.7 Å². The number of benzene rings is 1. The number of nitrogens with two attached hydrogens (primary N) is 1. The highest BCUT2D eigenvalue weighted by molar-refractivity contribution is 6.30. The lowest BCUT2D eigenvalue weighted by Gasteiger charge is -2.38. The van der Waals surface area contributed by atoms with E-state index in [1.807, 2.05) is 6.92 Å². The molecular weight excluding hydrogens is 271 g/mol. The van der Waals surface area contributed by atoms with E-state index in [2.05, 4.69) is 5.32 Å². The molecule has 0 saturated heterocycles. The molecule has 0 aliphatic heterocycles. The zero-order valence-electron chi connectivity index (χ0n) is 10.3. The number of aryl methyl sites for hydroxylation is 1. The van der Waals surface area contributed by atoms with Gasteiger partial charge in [0.25, 0.3) is 5.91 Å². The molecule has 3 N–H and O–H groups in total. The summed E-state index contributed by atoms with van der Waals surface area (Å²) < 4.78 is 0. The van der Waals surface area contributed by atoms with Crippen molar-refractivity contribution in [3.8, 4) is 0 Å². The smallest absolute Gasteiger partial charge is 0.251 e. The maximum Gasteiger partial charge on any atom is 0.251 e. The molecule has 1 amide bonds. The summed E-state index contributed by atoms with van der Waals surface area (Å²) in [5.41, 5.74) is 7.42. The maximum atomic E-state index is 12.0. The van der Waals surface area contributed by atoms with Crippen LogP contribution in [0.25, 0.3) is 0 Å². The van der Waals surface area contributed by atoms with Gasteiger partial charge in [-0.1, -0.05) is 11.6 Å². The Morgan fingerprint density at radius 1 is 1.50 bits per heavy atom.